The van der Waals surface area contributed by atoms with Gasteiger partial charge in [0.1, 0.15) is 22.6 Å². The number of benzene rings is 2. The van der Waals surface area contributed by atoms with E-state index in [1.807, 2.05) is 24.3 Å². The van der Waals surface area contributed by atoms with Gasteiger partial charge in [-0.25, -0.2) is 8.42 Å². The molecule has 33 heavy (non-hydrogen) atoms. The highest BCUT2D eigenvalue weighted by Gasteiger charge is 2.33. The fourth-order valence-electron chi connectivity index (χ4n) is 3.46. The van der Waals surface area contributed by atoms with Crippen molar-refractivity contribution in [3.05, 3.63) is 88.2 Å². The van der Waals surface area contributed by atoms with E-state index in [1.165, 1.54) is 6.08 Å². The number of nitrogens with one attached hydrogen (secondary N) is 2. The van der Waals surface area contributed by atoms with Gasteiger partial charge >= 0.3 is 0 Å². The summed E-state index contributed by atoms with van der Waals surface area (Å²) in [5, 5.41) is 4.15. The van der Waals surface area contributed by atoms with Crippen LogP contribution < -0.4 is 10.6 Å². The second-order valence-corrected chi connectivity index (χ2v) is 10.8. The quantitative estimate of drug-likeness (QED) is 0.468. The second-order valence-electron chi connectivity index (χ2n) is 7.56. The van der Waals surface area contributed by atoms with Crippen LogP contribution in [-0.4, -0.2) is 31.4 Å². The lowest BCUT2D eigenvalue weighted by Crippen LogP contribution is -2.42. The topological polar surface area (TPSA) is 105 Å². The molecule has 2 amide bonds. The number of furan rings is 1. The van der Waals surface area contributed by atoms with Gasteiger partial charge in [0.05, 0.1) is 5.75 Å². The van der Waals surface area contributed by atoms with Gasteiger partial charge < -0.3 is 15.1 Å². The van der Waals surface area contributed by atoms with E-state index >= 15 is 0 Å². The minimum atomic E-state index is -3.40. The average Bonchev–Trinajstić information content (AvgIpc) is 3.40. The first-order valence-corrected chi connectivity index (χ1v) is 12.8. The van der Waals surface area contributed by atoms with Gasteiger partial charge in [-0.05, 0) is 49.2 Å². The molecule has 4 rings (SSSR count). The predicted octanol–water partition coefficient (Wildman–Crippen LogP) is 4.13. The molecule has 0 bridgehead atoms. The van der Waals surface area contributed by atoms with Gasteiger partial charge in [-0.2, -0.15) is 0 Å². The van der Waals surface area contributed by atoms with Crippen molar-refractivity contribution in [1.82, 2.24) is 10.6 Å². The van der Waals surface area contributed by atoms with E-state index in [1.54, 1.807) is 42.5 Å². The number of hydrogen-bond donors (Lipinski definition) is 2. The second kappa shape index (κ2) is 9.76. The van der Waals surface area contributed by atoms with Crippen molar-refractivity contribution >= 4 is 43.7 Å². The third-order valence-electron chi connectivity index (χ3n) is 5.19. The molecule has 1 aliphatic heterocycles. The molecular weight excluding hydrogens is 508 g/mol. The molecule has 1 fully saturated rings. The Bertz CT molecular complexity index is 1300. The van der Waals surface area contributed by atoms with E-state index < -0.39 is 27.0 Å². The summed E-state index contributed by atoms with van der Waals surface area (Å²) >= 11 is 3.39. The fourth-order valence-corrected chi connectivity index (χ4v) is 5.39. The first-order chi connectivity index (χ1) is 15.8. The van der Waals surface area contributed by atoms with E-state index in [0.29, 0.717) is 29.9 Å². The third kappa shape index (κ3) is 5.61. The van der Waals surface area contributed by atoms with Crippen LogP contribution in [0.25, 0.3) is 17.4 Å². The Kier molecular flexibility index (Phi) is 6.80. The van der Waals surface area contributed by atoms with Gasteiger partial charge in [0.15, 0.2) is 9.84 Å². The van der Waals surface area contributed by atoms with Gasteiger partial charge in [0.2, 0.25) is 0 Å². The monoisotopic (exact) mass is 528 g/mol. The zero-order valence-electron chi connectivity index (χ0n) is 17.5. The van der Waals surface area contributed by atoms with Crippen molar-refractivity contribution in [2.75, 3.05) is 5.75 Å². The lowest BCUT2D eigenvalue weighted by molar-refractivity contribution is -0.118. The van der Waals surface area contributed by atoms with E-state index in [2.05, 4.69) is 26.6 Å². The first kappa shape index (κ1) is 23.0. The molecule has 0 unspecified atom stereocenters. The van der Waals surface area contributed by atoms with E-state index in [4.69, 9.17) is 4.42 Å². The molecule has 9 heteroatoms. The van der Waals surface area contributed by atoms with Gasteiger partial charge in [-0.15, -0.1) is 0 Å². The van der Waals surface area contributed by atoms with Crippen molar-refractivity contribution in [3.8, 4) is 11.3 Å². The molecule has 1 atom stereocenters. The highest BCUT2D eigenvalue weighted by Crippen LogP contribution is 2.25. The zero-order chi connectivity index (χ0) is 23.4. The Morgan fingerprint density at radius 2 is 1.73 bits per heavy atom. The van der Waals surface area contributed by atoms with Crippen LogP contribution in [0.4, 0.5) is 0 Å². The molecule has 0 radical (unpaired) electrons. The number of hydrogen-bond acceptors (Lipinski definition) is 5. The van der Waals surface area contributed by atoms with Crippen molar-refractivity contribution in [2.45, 2.75) is 18.2 Å². The molecule has 1 saturated heterocycles. The summed E-state index contributed by atoms with van der Waals surface area (Å²) < 4.78 is 31.1. The number of halogens is 1. The van der Waals surface area contributed by atoms with Crippen molar-refractivity contribution in [3.63, 3.8) is 0 Å². The summed E-state index contributed by atoms with van der Waals surface area (Å²) in [6.07, 6.45) is 2.21. The molecule has 7 nitrogen and oxygen atoms in total. The number of rotatable bonds is 6. The van der Waals surface area contributed by atoms with Gasteiger partial charge in [0, 0.05) is 21.7 Å². The molecule has 0 spiro atoms. The SMILES string of the molecule is O=C(N[C@H]1CCCS1(=O)=O)/C(=C/c1ccc(-c2ccc(Br)cc2)o1)NC(=O)c1ccccc1. The number of carbonyl (C=O) groups is 2. The fraction of sp³-hybridized carbons (Fsp3) is 0.167. The molecule has 0 saturated carbocycles. The molecule has 1 aliphatic rings. The molecular formula is C24H21BrN2O5S. The third-order valence-corrected chi connectivity index (χ3v) is 7.80. The molecule has 2 heterocycles. The molecule has 2 aromatic carbocycles. The van der Waals surface area contributed by atoms with E-state index in [0.717, 1.165) is 10.0 Å². The Hall–Kier alpha value is -3.17. The summed E-state index contributed by atoms with van der Waals surface area (Å²) in [5.41, 5.74) is 1.09. The Balaban J connectivity index is 1.61. The van der Waals surface area contributed by atoms with Crippen molar-refractivity contribution < 1.29 is 22.4 Å². The lowest BCUT2D eigenvalue weighted by Gasteiger charge is -2.15. The Morgan fingerprint density at radius 1 is 1.00 bits per heavy atom. The largest absolute Gasteiger partial charge is 0.457 e. The summed E-state index contributed by atoms with van der Waals surface area (Å²) in [4.78, 5) is 25.7. The maximum absolute atomic E-state index is 13.0. The maximum atomic E-state index is 13.0. The molecule has 170 valence electrons. The Labute approximate surface area is 199 Å². The zero-order valence-corrected chi connectivity index (χ0v) is 19.9. The van der Waals surface area contributed by atoms with Crippen LogP contribution in [0.15, 0.2) is 81.3 Å². The number of carbonyl (C=O) groups excluding carboxylic acids is 2. The minimum Gasteiger partial charge on any atom is -0.457 e. The smallest absolute Gasteiger partial charge is 0.268 e. The summed E-state index contributed by atoms with van der Waals surface area (Å²) in [7, 11) is -3.40. The normalized spacial score (nSPS) is 17.5. The number of sulfone groups is 1. The Morgan fingerprint density at radius 3 is 2.39 bits per heavy atom. The summed E-state index contributed by atoms with van der Waals surface area (Å²) in [6, 6.07) is 19.4. The average molecular weight is 529 g/mol. The summed E-state index contributed by atoms with van der Waals surface area (Å²) in [6.45, 7) is 0. The van der Waals surface area contributed by atoms with Crippen LogP contribution in [0.5, 0.6) is 0 Å². The van der Waals surface area contributed by atoms with Crippen molar-refractivity contribution in [1.29, 1.82) is 0 Å². The standard InChI is InChI=1S/C24H21BrN2O5S/c25-18-10-8-16(9-11-18)21-13-12-19(32-21)15-20(26-23(28)17-5-2-1-3-6-17)24(29)27-22-7-4-14-33(22,30)31/h1-3,5-6,8-13,15,22H,4,7,14H2,(H,26,28)(H,27,29)/b20-15-/t22-/m1/s1. The minimum absolute atomic E-state index is 0.0299. The van der Waals surface area contributed by atoms with Crippen LogP contribution in [0.2, 0.25) is 0 Å². The predicted molar refractivity (Wildman–Crippen MR) is 129 cm³/mol. The molecule has 2 N–H and O–H groups in total. The van der Waals surface area contributed by atoms with Crippen LogP contribution in [-0.2, 0) is 14.6 Å². The van der Waals surface area contributed by atoms with E-state index in [-0.39, 0.29) is 11.4 Å². The van der Waals surface area contributed by atoms with E-state index in [9.17, 15) is 18.0 Å². The highest BCUT2D eigenvalue weighted by molar-refractivity contribution is 9.10. The van der Waals surface area contributed by atoms with Gasteiger partial charge in [-0.3, -0.25) is 9.59 Å². The first-order valence-electron chi connectivity index (χ1n) is 10.3. The van der Waals surface area contributed by atoms with Gasteiger partial charge in [-0.1, -0.05) is 46.3 Å². The molecule has 0 aliphatic carbocycles. The van der Waals surface area contributed by atoms with Gasteiger partial charge in [0.25, 0.3) is 11.8 Å². The number of amides is 2. The van der Waals surface area contributed by atoms with Crippen LogP contribution in [0.3, 0.4) is 0 Å². The van der Waals surface area contributed by atoms with Crippen molar-refractivity contribution in [2.24, 2.45) is 0 Å². The van der Waals surface area contributed by atoms with Crippen LogP contribution in [0, 0.1) is 0 Å². The van der Waals surface area contributed by atoms with Crippen LogP contribution in [0.1, 0.15) is 29.0 Å². The maximum Gasteiger partial charge on any atom is 0.268 e. The lowest BCUT2D eigenvalue weighted by atomic mass is 10.2. The molecule has 1 aromatic heterocycles. The molecule has 3 aromatic rings. The highest BCUT2D eigenvalue weighted by atomic mass is 79.9. The summed E-state index contributed by atoms with van der Waals surface area (Å²) in [5.74, 6) is -0.244. The van der Waals surface area contributed by atoms with Crippen LogP contribution >= 0.6 is 15.9 Å².